The second-order valence-corrected chi connectivity index (χ2v) is 8.32. The van der Waals surface area contributed by atoms with Crippen molar-refractivity contribution >= 4 is 22.3 Å². The molecule has 0 unspecified atom stereocenters. The first kappa shape index (κ1) is 16.7. The number of fused-ring (bicyclic) bond motifs is 2. The molecule has 4 aromatic rings. The van der Waals surface area contributed by atoms with Crippen LogP contribution in [0.3, 0.4) is 0 Å². The molecule has 0 atom stereocenters. The van der Waals surface area contributed by atoms with Crippen molar-refractivity contribution in [3.63, 3.8) is 0 Å². The van der Waals surface area contributed by atoms with E-state index in [2.05, 4.69) is 54.6 Å². The zero-order valence-electron chi connectivity index (χ0n) is 15.7. The second kappa shape index (κ2) is 5.62. The Morgan fingerprint density at radius 2 is 1.69 bits per heavy atom. The monoisotopic (exact) mass is 350 g/mol. The summed E-state index contributed by atoms with van der Waals surface area (Å²) in [6.45, 7) is 10.4. The van der Waals surface area contributed by atoms with E-state index < -0.39 is 0 Å². The first-order valence-corrected chi connectivity index (χ1v) is 8.70. The lowest BCUT2D eigenvalue weighted by Crippen LogP contribution is -2.21. The average molecular weight is 350 g/mol. The molecule has 0 spiro atoms. The van der Waals surface area contributed by atoms with Crippen LogP contribution >= 0.6 is 0 Å². The van der Waals surface area contributed by atoms with Crippen molar-refractivity contribution in [2.75, 3.05) is 0 Å². The van der Waals surface area contributed by atoms with Gasteiger partial charge in [0.2, 0.25) is 11.8 Å². The largest absolute Gasteiger partial charge is 0.440 e. The van der Waals surface area contributed by atoms with E-state index in [-0.39, 0.29) is 10.8 Å². The average Bonchev–Trinajstić information content (AvgIpc) is 3.18. The highest BCUT2D eigenvalue weighted by Gasteiger charge is 2.29. The van der Waals surface area contributed by atoms with Crippen molar-refractivity contribution in [2.45, 2.75) is 51.9 Å². The maximum Gasteiger partial charge on any atom is 0.203 e. The molecule has 0 amide bonds. The van der Waals surface area contributed by atoms with E-state index in [9.17, 15) is 0 Å². The molecule has 0 radical (unpaired) electrons. The van der Waals surface area contributed by atoms with E-state index in [4.69, 9.17) is 8.83 Å². The molecule has 0 N–H and O–H groups in total. The first-order chi connectivity index (χ1) is 12.2. The van der Waals surface area contributed by atoms with Crippen molar-refractivity contribution in [1.82, 2.24) is 19.9 Å². The third-order valence-electron chi connectivity index (χ3n) is 4.34. The lowest BCUT2D eigenvalue weighted by atomic mass is 9.87. The predicted molar refractivity (Wildman–Crippen MR) is 99.0 cm³/mol. The fourth-order valence-corrected chi connectivity index (χ4v) is 2.88. The lowest BCUT2D eigenvalue weighted by molar-refractivity contribution is 0.378. The molecule has 4 aromatic heterocycles. The van der Waals surface area contributed by atoms with Gasteiger partial charge in [-0.25, -0.2) is 9.97 Å². The van der Waals surface area contributed by atoms with Gasteiger partial charge in [0.05, 0.1) is 6.20 Å². The zero-order chi connectivity index (χ0) is 18.5. The fraction of sp³-hybridized carbons (Fsp3) is 0.400. The topological polar surface area (TPSA) is 77.8 Å². The molecular formula is C20H22N4O2. The van der Waals surface area contributed by atoms with E-state index in [1.54, 1.807) is 12.4 Å². The van der Waals surface area contributed by atoms with Gasteiger partial charge in [-0.15, -0.1) is 0 Å². The van der Waals surface area contributed by atoms with Gasteiger partial charge in [0, 0.05) is 35.2 Å². The highest BCUT2D eigenvalue weighted by atomic mass is 16.4. The van der Waals surface area contributed by atoms with Gasteiger partial charge in [-0.05, 0) is 12.1 Å². The van der Waals surface area contributed by atoms with Crippen molar-refractivity contribution in [2.24, 2.45) is 0 Å². The lowest BCUT2D eigenvalue weighted by Gasteiger charge is -2.19. The Morgan fingerprint density at radius 3 is 2.42 bits per heavy atom. The van der Waals surface area contributed by atoms with Gasteiger partial charge >= 0.3 is 0 Å². The highest BCUT2D eigenvalue weighted by molar-refractivity contribution is 5.72. The molecule has 6 heteroatoms. The van der Waals surface area contributed by atoms with Crippen LogP contribution in [0, 0.1) is 0 Å². The summed E-state index contributed by atoms with van der Waals surface area (Å²) in [6.07, 6.45) is 4.16. The van der Waals surface area contributed by atoms with E-state index in [1.807, 2.05) is 18.2 Å². The molecule has 0 aliphatic rings. The van der Waals surface area contributed by atoms with Crippen molar-refractivity contribution in [3.8, 4) is 0 Å². The van der Waals surface area contributed by atoms with E-state index >= 15 is 0 Å². The Hall–Kier alpha value is -2.76. The minimum Gasteiger partial charge on any atom is -0.440 e. The van der Waals surface area contributed by atoms with Crippen molar-refractivity contribution in [1.29, 1.82) is 0 Å². The minimum atomic E-state index is -0.325. The van der Waals surface area contributed by atoms with Crippen LogP contribution < -0.4 is 0 Å². The molecule has 26 heavy (non-hydrogen) atoms. The van der Waals surface area contributed by atoms with Crippen LogP contribution in [-0.2, 0) is 17.3 Å². The summed E-state index contributed by atoms with van der Waals surface area (Å²) in [4.78, 5) is 17.9. The molecule has 0 saturated carbocycles. The summed E-state index contributed by atoms with van der Waals surface area (Å²) in [5, 5.41) is 0. The molecule has 4 heterocycles. The fourth-order valence-electron chi connectivity index (χ4n) is 2.88. The highest BCUT2D eigenvalue weighted by Crippen LogP contribution is 2.30. The maximum atomic E-state index is 5.94. The maximum absolute atomic E-state index is 5.94. The number of nitrogens with zero attached hydrogens (tertiary/aromatic N) is 4. The van der Waals surface area contributed by atoms with Crippen LogP contribution in [0.2, 0.25) is 0 Å². The van der Waals surface area contributed by atoms with Crippen molar-refractivity contribution < 1.29 is 8.83 Å². The molecule has 0 bridgehead atoms. The Kier molecular flexibility index (Phi) is 3.61. The van der Waals surface area contributed by atoms with Gasteiger partial charge < -0.3 is 8.83 Å². The van der Waals surface area contributed by atoms with Gasteiger partial charge in [-0.2, -0.15) is 4.98 Å². The number of rotatable bonds is 3. The number of hydrogen-bond donors (Lipinski definition) is 0. The molecule has 0 aromatic carbocycles. The third-order valence-corrected chi connectivity index (χ3v) is 4.34. The third kappa shape index (κ3) is 2.96. The van der Waals surface area contributed by atoms with E-state index in [0.29, 0.717) is 23.5 Å². The number of hydrogen-bond acceptors (Lipinski definition) is 6. The summed E-state index contributed by atoms with van der Waals surface area (Å²) < 4.78 is 11.8. The van der Waals surface area contributed by atoms with E-state index in [0.717, 1.165) is 22.7 Å². The van der Waals surface area contributed by atoms with Crippen LogP contribution in [-0.4, -0.2) is 19.9 Å². The van der Waals surface area contributed by atoms with Crippen LogP contribution in [0.25, 0.3) is 22.3 Å². The quantitative estimate of drug-likeness (QED) is 0.538. The van der Waals surface area contributed by atoms with E-state index in [1.165, 1.54) is 0 Å². The smallest absolute Gasteiger partial charge is 0.203 e. The summed E-state index contributed by atoms with van der Waals surface area (Å²) in [5.41, 5.74) is 3.32. The molecule has 6 nitrogen and oxygen atoms in total. The van der Waals surface area contributed by atoms with Crippen molar-refractivity contribution in [3.05, 3.63) is 48.1 Å². The van der Waals surface area contributed by atoms with Gasteiger partial charge in [0.15, 0.2) is 16.8 Å². The predicted octanol–water partition coefficient (Wildman–Crippen LogP) is 4.58. The number of pyridine rings is 2. The SMILES string of the molecule is CC(C)(C)c1nc2cnc(CC(C)(C)c3nc4ncccc4o3)cc2o1. The van der Waals surface area contributed by atoms with Crippen LogP contribution in [0.5, 0.6) is 0 Å². The van der Waals surface area contributed by atoms with Gasteiger partial charge in [-0.1, -0.05) is 34.6 Å². The van der Waals surface area contributed by atoms with Gasteiger partial charge in [0.25, 0.3) is 0 Å². The molecule has 0 aliphatic heterocycles. The zero-order valence-corrected chi connectivity index (χ0v) is 15.7. The standard InChI is InChI=1S/C20H22N4O2/c1-19(2,3)17-23-13-11-22-12(9-15(13)26-17)10-20(4,5)18-24-16-14(25-18)7-6-8-21-16/h6-9,11H,10H2,1-5H3. The van der Waals surface area contributed by atoms with Crippen LogP contribution in [0.1, 0.15) is 52.1 Å². The molecule has 134 valence electrons. The van der Waals surface area contributed by atoms with Gasteiger partial charge in [0.1, 0.15) is 5.52 Å². The molecule has 4 rings (SSSR count). The van der Waals surface area contributed by atoms with Crippen LogP contribution in [0.15, 0.2) is 39.4 Å². The van der Waals surface area contributed by atoms with Gasteiger partial charge in [-0.3, -0.25) is 4.98 Å². The second-order valence-electron chi connectivity index (χ2n) is 8.32. The molecular weight excluding hydrogens is 328 g/mol. The summed E-state index contributed by atoms with van der Waals surface area (Å²) in [5.74, 6) is 1.37. The van der Waals surface area contributed by atoms with Crippen LogP contribution in [0.4, 0.5) is 0 Å². The summed E-state index contributed by atoms with van der Waals surface area (Å²) in [7, 11) is 0. The summed E-state index contributed by atoms with van der Waals surface area (Å²) in [6, 6.07) is 5.68. The Morgan fingerprint density at radius 1 is 0.923 bits per heavy atom. The molecule has 0 fully saturated rings. The molecule has 0 saturated heterocycles. The first-order valence-electron chi connectivity index (χ1n) is 8.70. The Bertz CT molecular complexity index is 1050. The number of aromatic nitrogens is 4. The normalized spacial score (nSPS) is 13.0. The Labute approximate surface area is 151 Å². The Balaban J connectivity index is 1.66. The number of oxazole rings is 2. The minimum absolute atomic E-state index is 0.135. The molecule has 0 aliphatic carbocycles. The summed E-state index contributed by atoms with van der Waals surface area (Å²) >= 11 is 0.